The van der Waals surface area contributed by atoms with Crippen LogP contribution < -0.4 is 10.5 Å². The van der Waals surface area contributed by atoms with Gasteiger partial charge in [0, 0.05) is 5.56 Å². The van der Waals surface area contributed by atoms with Crippen molar-refractivity contribution in [3.63, 3.8) is 0 Å². The van der Waals surface area contributed by atoms with Crippen molar-refractivity contribution in [2.45, 2.75) is 25.3 Å². The summed E-state index contributed by atoms with van der Waals surface area (Å²) in [7, 11) is 1.53. The lowest BCUT2D eigenvalue weighted by Crippen LogP contribution is -2.47. The van der Waals surface area contributed by atoms with Crippen LogP contribution in [0.4, 0.5) is 0 Å². The molecule has 1 atom stereocenters. The van der Waals surface area contributed by atoms with Crippen molar-refractivity contribution in [1.82, 2.24) is 0 Å². The Bertz CT molecular complexity index is 454. The Balaban J connectivity index is 2.56. The second-order valence-electron chi connectivity index (χ2n) is 4.65. The van der Waals surface area contributed by atoms with Crippen LogP contribution in [0.15, 0.2) is 18.2 Å². The van der Waals surface area contributed by atoms with Gasteiger partial charge in [-0.1, -0.05) is 11.6 Å². The number of ether oxygens (including phenoxy) is 1. The van der Waals surface area contributed by atoms with Crippen LogP contribution in [0.3, 0.4) is 0 Å². The number of methoxy groups -OCH3 is 1. The number of carbonyl (C=O) groups is 1. The third-order valence-electron chi connectivity index (χ3n) is 3.38. The maximum Gasteiger partial charge on any atom is 0.328 e. The molecule has 1 aromatic rings. The molecule has 1 unspecified atom stereocenters. The first-order chi connectivity index (χ1) is 8.00. The summed E-state index contributed by atoms with van der Waals surface area (Å²) in [6, 6.07) is 5.47. The van der Waals surface area contributed by atoms with Gasteiger partial charge in [0.1, 0.15) is 11.3 Å². The molecule has 1 aliphatic rings. The summed E-state index contributed by atoms with van der Waals surface area (Å²) in [4.78, 5) is 11.5. The minimum absolute atomic E-state index is 0.00991. The number of hydrogen-bond acceptors (Lipinski definition) is 3. The molecule has 1 saturated carbocycles. The molecule has 2 rings (SSSR count). The van der Waals surface area contributed by atoms with Crippen molar-refractivity contribution >= 4 is 5.97 Å². The van der Waals surface area contributed by atoms with E-state index in [1.807, 2.05) is 19.1 Å². The molecule has 0 bridgehead atoms. The van der Waals surface area contributed by atoms with Crippen LogP contribution in [0, 0.1) is 12.8 Å². The van der Waals surface area contributed by atoms with Gasteiger partial charge in [-0.05, 0) is 37.8 Å². The van der Waals surface area contributed by atoms with Crippen LogP contribution in [-0.4, -0.2) is 18.2 Å². The van der Waals surface area contributed by atoms with Gasteiger partial charge in [-0.3, -0.25) is 0 Å². The number of hydrogen-bond donors (Lipinski definition) is 2. The predicted octanol–water partition coefficient (Wildman–Crippen LogP) is 1.65. The average Bonchev–Trinajstić information content (AvgIpc) is 3.11. The highest BCUT2D eigenvalue weighted by atomic mass is 16.5. The highest BCUT2D eigenvalue weighted by Crippen LogP contribution is 2.46. The Morgan fingerprint density at radius 1 is 1.53 bits per heavy atom. The van der Waals surface area contributed by atoms with Gasteiger partial charge in [-0.2, -0.15) is 0 Å². The molecule has 1 fully saturated rings. The van der Waals surface area contributed by atoms with Crippen molar-refractivity contribution in [1.29, 1.82) is 0 Å². The normalized spacial score (nSPS) is 18.5. The van der Waals surface area contributed by atoms with E-state index in [0.717, 1.165) is 18.4 Å². The molecule has 92 valence electrons. The number of aliphatic carboxylic acids is 1. The molecule has 0 heterocycles. The van der Waals surface area contributed by atoms with E-state index in [2.05, 4.69) is 0 Å². The quantitative estimate of drug-likeness (QED) is 0.832. The van der Waals surface area contributed by atoms with Crippen molar-refractivity contribution in [3.8, 4) is 5.75 Å². The Morgan fingerprint density at radius 2 is 2.18 bits per heavy atom. The minimum atomic E-state index is -1.32. The van der Waals surface area contributed by atoms with Gasteiger partial charge in [0.2, 0.25) is 0 Å². The first-order valence-corrected chi connectivity index (χ1v) is 5.67. The predicted molar refractivity (Wildman–Crippen MR) is 64.0 cm³/mol. The number of carboxylic acid groups (broad SMARTS) is 1. The number of benzene rings is 1. The maximum absolute atomic E-state index is 11.5. The first kappa shape index (κ1) is 11.9. The van der Waals surface area contributed by atoms with Crippen molar-refractivity contribution in [2.75, 3.05) is 7.11 Å². The Morgan fingerprint density at radius 3 is 2.65 bits per heavy atom. The second kappa shape index (κ2) is 4.04. The third kappa shape index (κ3) is 1.89. The molecule has 0 amide bonds. The SMILES string of the molecule is COc1ccc(C)cc1C(N)(C(=O)O)C1CC1. The maximum atomic E-state index is 11.5. The highest BCUT2D eigenvalue weighted by molar-refractivity contribution is 5.82. The second-order valence-corrected chi connectivity index (χ2v) is 4.65. The van der Waals surface area contributed by atoms with Crippen LogP contribution in [-0.2, 0) is 10.3 Å². The zero-order valence-electron chi connectivity index (χ0n) is 10.1. The molecule has 0 aliphatic heterocycles. The number of aryl methyl sites for hydroxylation is 1. The molecule has 1 aromatic carbocycles. The number of carboxylic acids is 1. The molecule has 1 aliphatic carbocycles. The Hall–Kier alpha value is -1.55. The summed E-state index contributed by atoms with van der Waals surface area (Å²) in [5.41, 5.74) is 6.37. The lowest BCUT2D eigenvalue weighted by Gasteiger charge is -2.27. The summed E-state index contributed by atoms with van der Waals surface area (Å²) in [5, 5.41) is 9.43. The summed E-state index contributed by atoms with van der Waals surface area (Å²) >= 11 is 0. The Labute approximate surface area is 100 Å². The molecule has 3 N–H and O–H groups in total. The smallest absolute Gasteiger partial charge is 0.328 e. The summed E-state index contributed by atoms with van der Waals surface area (Å²) < 4.78 is 5.23. The van der Waals surface area contributed by atoms with Crippen LogP contribution >= 0.6 is 0 Å². The zero-order valence-corrected chi connectivity index (χ0v) is 10.1. The molecule has 4 nitrogen and oxygen atoms in total. The monoisotopic (exact) mass is 235 g/mol. The van der Waals surface area contributed by atoms with E-state index < -0.39 is 11.5 Å². The van der Waals surface area contributed by atoms with Crippen molar-refractivity contribution in [2.24, 2.45) is 11.7 Å². The molecule has 4 heteroatoms. The fourth-order valence-corrected chi connectivity index (χ4v) is 2.19. The van der Waals surface area contributed by atoms with Crippen LogP contribution in [0.1, 0.15) is 24.0 Å². The average molecular weight is 235 g/mol. The van der Waals surface area contributed by atoms with Gasteiger partial charge >= 0.3 is 5.97 Å². The van der Waals surface area contributed by atoms with E-state index in [-0.39, 0.29) is 5.92 Å². The first-order valence-electron chi connectivity index (χ1n) is 5.67. The van der Waals surface area contributed by atoms with E-state index in [9.17, 15) is 9.90 Å². The van der Waals surface area contributed by atoms with E-state index in [1.165, 1.54) is 7.11 Å². The highest BCUT2D eigenvalue weighted by Gasteiger charge is 2.51. The van der Waals surface area contributed by atoms with Gasteiger partial charge in [0.15, 0.2) is 0 Å². The third-order valence-corrected chi connectivity index (χ3v) is 3.38. The topological polar surface area (TPSA) is 72.5 Å². The van der Waals surface area contributed by atoms with Crippen LogP contribution in [0.2, 0.25) is 0 Å². The molecule has 0 spiro atoms. The largest absolute Gasteiger partial charge is 0.496 e. The molecule has 0 radical (unpaired) electrons. The summed E-state index contributed by atoms with van der Waals surface area (Å²) in [5.74, 6) is -0.424. The summed E-state index contributed by atoms with van der Waals surface area (Å²) in [6.07, 6.45) is 1.72. The molecule has 0 saturated heterocycles. The molecular formula is C13H17NO3. The van der Waals surface area contributed by atoms with Crippen molar-refractivity contribution < 1.29 is 14.6 Å². The summed E-state index contributed by atoms with van der Waals surface area (Å²) in [6.45, 7) is 1.91. The van der Waals surface area contributed by atoms with E-state index in [0.29, 0.717) is 11.3 Å². The molecule has 0 aromatic heterocycles. The standard InChI is InChI=1S/C13H17NO3/c1-8-3-6-11(17-2)10(7-8)13(14,12(15)16)9-4-5-9/h3,6-7,9H,4-5,14H2,1-2H3,(H,15,16). The van der Waals surface area contributed by atoms with Gasteiger partial charge in [0.05, 0.1) is 7.11 Å². The fraction of sp³-hybridized carbons (Fsp3) is 0.462. The van der Waals surface area contributed by atoms with Gasteiger partial charge in [-0.25, -0.2) is 4.79 Å². The Kier molecular flexibility index (Phi) is 2.83. The van der Waals surface area contributed by atoms with Gasteiger partial charge in [0.25, 0.3) is 0 Å². The molecular weight excluding hydrogens is 218 g/mol. The van der Waals surface area contributed by atoms with Crippen LogP contribution in [0.5, 0.6) is 5.75 Å². The van der Waals surface area contributed by atoms with Crippen molar-refractivity contribution in [3.05, 3.63) is 29.3 Å². The van der Waals surface area contributed by atoms with Crippen LogP contribution in [0.25, 0.3) is 0 Å². The zero-order chi connectivity index (χ0) is 12.6. The van der Waals surface area contributed by atoms with Gasteiger partial charge < -0.3 is 15.6 Å². The van der Waals surface area contributed by atoms with E-state index in [1.54, 1.807) is 6.07 Å². The number of rotatable bonds is 4. The van der Waals surface area contributed by atoms with Gasteiger partial charge in [-0.15, -0.1) is 0 Å². The number of nitrogens with two attached hydrogens (primary N) is 1. The minimum Gasteiger partial charge on any atom is -0.496 e. The lowest BCUT2D eigenvalue weighted by molar-refractivity contribution is -0.144. The molecule has 17 heavy (non-hydrogen) atoms. The fourth-order valence-electron chi connectivity index (χ4n) is 2.19. The lowest BCUT2D eigenvalue weighted by atomic mass is 9.84. The van der Waals surface area contributed by atoms with E-state index in [4.69, 9.17) is 10.5 Å². The van der Waals surface area contributed by atoms with E-state index >= 15 is 0 Å².